The second-order valence-electron chi connectivity index (χ2n) is 7.21. The van der Waals surface area contributed by atoms with Crippen molar-refractivity contribution in [3.63, 3.8) is 0 Å². The highest BCUT2D eigenvalue weighted by Gasteiger charge is 2.31. The van der Waals surface area contributed by atoms with E-state index < -0.39 is 0 Å². The van der Waals surface area contributed by atoms with E-state index in [4.69, 9.17) is 4.74 Å². The third kappa shape index (κ3) is 6.23. The van der Waals surface area contributed by atoms with Crippen molar-refractivity contribution in [1.82, 2.24) is 15.1 Å². The monoisotopic (exact) mass is 313 g/mol. The second-order valence-corrected chi connectivity index (χ2v) is 7.21. The van der Waals surface area contributed by atoms with Gasteiger partial charge < -0.3 is 10.1 Å². The zero-order valence-corrected chi connectivity index (χ0v) is 15.3. The molecule has 1 rings (SSSR count). The quantitative estimate of drug-likeness (QED) is 0.727. The van der Waals surface area contributed by atoms with E-state index in [-0.39, 0.29) is 17.5 Å². The van der Waals surface area contributed by atoms with Gasteiger partial charge in [0.15, 0.2) is 0 Å². The van der Waals surface area contributed by atoms with Crippen LogP contribution in [-0.2, 0) is 9.53 Å². The predicted octanol–water partition coefficient (Wildman–Crippen LogP) is 1.72. The van der Waals surface area contributed by atoms with Crippen LogP contribution < -0.4 is 5.32 Å². The molecule has 1 saturated heterocycles. The lowest BCUT2D eigenvalue weighted by Gasteiger charge is -2.43. The summed E-state index contributed by atoms with van der Waals surface area (Å²) in [7, 11) is 0. The van der Waals surface area contributed by atoms with Crippen LogP contribution in [0.25, 0.3) is 0 Å². The molecule has 0 aliphatic carbocycles. The number of rotatable bonds is 7. The molecule has 130 valence electrons. The number of ether oxygens (including phenoxy) is 1. The Bertz CT molecular complexity index is 341. The summed E-state index contributed by atoms with van der Waals surface area (Å²) < 4.78 is 5.48. The summed E-state index contributed by atoms with van der Waals surface area (Å²) in [6.07, 6.45) is 1.11. The smallest absolute Gasteiger partial charge is 0.237 e. The van der Waals surface area contributed by atoms with Crippen molar-refractivity contribution in [1.29, 1.82) is 0 Å². The number of nitrogens with zero attached hydrogens (tertiary/aromatic N) is 2. The van der Waals surface area contributed by atoms with Gasteiger partial charge in [0.1, 0.15) is 0 Å². The van der Waals surface area contributed by atoms with Crippen molar-refractivity contribution in [3.05, 3.63) is 0 Å². The van der Waals surface area contributed by atoms with Gasteiger partial charge >= 0.3 is 0 Å². The Hall–Kier alpha value is -0.650. The Balaban J connectivity index is 2.52. The van der Waals surface area contributed by atoms with E-state index in [2.05, 4.69) is 22.0 Å². The molecule has 1 heterocycles. The van der Waals surface area contributed by atoms with E-state index >= 15 is 0 Å². The summed E-state index contributed by atoms with van der Waals surface area (Å²) in [5.41, 5.74) is -0.172. The molecule has 22 heavy (non-hydrogen) atoms. The molecule has 0 aromatic rings. The van der Waals surface area contributed by atoms with Crippen LogP contribution in [-0.4, -0.2) is 72.7 Å². The molecule has 0 aromatic heterocycles. The van der Waals surface area contributed by atoms with Gasteiger partial charge in [-0.2, -0.15) is 0 Å². The van der Waals surface area contributed by atoms with E-state index in [1.54, 1.807) is 0 Å². The van der Waals surface area contributed by atoms with E-state index in [0.29, 0.717) is 6.04 Å². The summed E-state index contributed by atoms with van der Waals surface area (Å²) in [5.74, 6) is 0.130. The van der Waals surface area contributed by atoms with Gasteiger partial charge in [-0.05, 0) is 41.0 Å². The molecule has 0 unspecified atom stereocenters. The van der Waals surface area contributed by atoms with E-state index in [1.165, 1.54) is 0 Å². The number of carbonyl (C=O) groups excluding carboxylic acids is 1. The molecule has 1 aliphatic rings. The average molecular weight is 313 g/mol. The molecule has 1 amide bonds. The van der Waals surface area contributed by atoms with E-state index in [0.717, 1.165) is 45.8 Å². The van der Waals surface area contributed by atoms with Crippen molar-refractivity contribution in [3.8, 4) is 0 Å². The second kappa shape index (κ2) is 8.85. The summed E-state index contributed by atoms with van der Waals surface area (Å²) in [4.78, 5) is 17.2. The predicted molar refractivity (Wildman–Crippen MR) is 91.1 cm³/mol. The Morgan fingerprint density at radius 2 is 2.00 bits per heavy atom. The zero-order chi connectivity index (χ0) is 16.8. The van der Waals surface area contributed by atoms with Crippen LogP contribution in [0, 0.1) is 0 Å². The SMILES string of the molecule is CCOCCN1CCN([C@H](C)C(=O)NC(C)(C)C)C[C@H]1CC. The summed E-state index contributed by atoms with van der Waals surface area (Å²) in [5, 5.41) is 3.09. The Morgan fingerprint density at radius 1 is 1.32 bits per heavy atom. The lowest BCUT2D eigenvalue weighted by molar-refractivity contribution is -0.128. The van der Waals surface area contributed by atoms with Crippen molar-refractivity contribution in [2.24, 2.45) is 0 Å². The third-order valence-electron chi connectivity index (χ3n) is 4.26. The maximum absolute atomic E-state index is 12.4. The van der Waals surface area contributed by atoms with Crippen LogP contribution in [0.15, 0.2) is 0 Å². The highest BCUT2D eigenvalue weighted by Crippen LogP contribution is 2.15. The summed E-state index contributed by atoms with van der Waals surface area (Å²) >= 11 is 0. The maximum atomic E-state index is 12.4. The Labute approximate surface area is 136 Å². The van der Waals surface area contributed by atoms with Gasteiger partial charge in [0.25, 0.3) is 0 Å². The zero-order valence-electron chi connectivity index (χ0n) is 15.3. The summed E-state index contributed by atoms with van der Waals surface area (Å²) in [6, 6.07) is 0.446. The number of amides is 1. The van der Waals surface area contributed by atoms with Gasteiger partial charge in [0, 0.05) is 44.4 Å². The fraction of sp³-hybridized carbons (Fsp3) is 0.941. The number of hydrogen-bond donors (Lipinski definition) is 1. The minimum atomic E-state index is -0.172. The highest BCUT2D eigenvalue weighted by atomic mass is 16.5. The number of nitrogens with one attached hydrogen (secondary N) is 1. The van der Waals surface area contributed by atoms with Crippen molar-refractivity contribution in [2.75, 3.05) is 39.4 Å². The van der Waals surface area contributed by atoms with Crippen LogP contribution >= 0.6 is 0 Å². The van der Waals surface area contributed by atoms with Gasteiger partial charge in [0.2, 0.25) is 5.91 Å². The summed E-state index contributed by atoms with van der Waals surface area (Å²) in [6.45, 7) is 17.8. The highest BCUT2D eigenvalue weighted by molar-refractivity contribution is 5.81. The Morgan fingerprint density at radius 3 is 2.55 bits per heavy atom. The molecule has 0 radical (unpaired) electrons. The molecular weight excluding hydrogens is 278 g/mol. The van der Waals surface area contributed by atoms with Crippen LogP contribution in [0.4, 0.5) is 0 Å². The number of piperazine rings is 1. The first-order chi connectivity index (χ1) is 10.3. The fourth-order valence-electron chi connectivity index (χ4n) is 2.92. The number of hydrogen-bond acceptors (Lipinski definition) is 4. The van der Waals surface area contributed by atoms with Crippen molar-refractivity contribution in [2.45, 2.75) is 65.6 Å². The molecule has 1 aliphatic heterocycles. The molecule has 5 nitrogen and oxygen atoms in total. The average Bonchev–Trinajstić information content (AvgIpc) is 2.45. The lowest BCUT2D eigenvalue weighted by atomic mass is 10.1. The topological polar surface area (TPSA) is 44.8 Å². The molecule has 0 spiro atoms. The first-order valence-electron chi connectivity index (χ1n) is 8.66. The number of carbonyl (C=O) groups is 1. The molecule has 1 fully saturated rings. The van der Waals surface area contributed by atoms with Crippen molar-refractivity contribution < 1.29 is 9.53 Å². The van der Waals surface area contributed by atoms with Crippen LogP contribution in [0.1, 0.15) is 48.0 Å². The molecule has 0 saturated carbocycles. The molecule has 1 N–H and O–H groups in total. The van der Waals surface area contributed by atoms with E-state index in [1.807, 2.05) is 34.6 Å². The normalized spacial score (nSPS) is 22.5. The lowest BCUT2D eigenvalue weighted by Crippen LogP contribution is -2.59. The molecule has 2 atom stereocenters. The third-order valence-corrected chi connectivity index (χ3v) is 4.26. The van der Waals surface area contributed by atoms with Gasteiger partial charge in [-0.3, -0.25) is 14.6 Å². The van der Waals surface area contributed by atoms with Gasteiger partial charge in [-0.25, -0.2) is 0 Å². The minimum Gasteiger partial charge on any atom is -0.380 e. The van der Waals surface area contributed by atoms with Gasteiger partial charge in [-0.1, -0.05) is 6.92 Å². The maximum Gasteiger partial charge on any atom is 0.237 e. The van der Waals surface area contributed by atoms with Crippen molar-refractivity contribution >= 4 is 5.91 Å². The largest absolute Gasteiger partial charge is 0.380 e. The molecular formula is C17H35N3O2. The Kier molecular flexibility index (Phi) is 7.80. The van der Waals surface area contributed by atoms with Gasteiger partial charge in [-0.15, -0.1) is 0 Å². The fourth-order valence-corrected chi connectivity index (χ4v) is 2.92. The first-order valence-corrected chi connectivity index (χ1v) is 8.66. The van der Waals surface area contributed by atoms with Gasteiger partial charge in [0.05, 0.1) is 12.6 Å². The minimum absolute atomic E-state index is 0.0673. The molecule has 0 aromatic carbocycles. The standard InChI is InChI=1S/C17H35N3O2/c1-7-15-13-20(10-9-19(15)11-12-22-8-2)14(3)16(21)18-17(4,5)6/h14-15H,7-13H2,1-6H3,(H,18,21)/t14-,15-/m1/s1. The van der Waals surface area contributed by atoms with Crippen LogP contribution in [0.3, 0.4) is 0 Å². The molecule has 5 heteroatoms. The first kappa shape index (κ1) is 19.4. The van der Waals surface area contributed by atoms with Crippen LogP contribution in [0.5, 0.6) is 0 Å². The van der Waals surface area contributed by atoms with Crippen LogP contribution in [0.2, 0.25) is 0 Å². The van der Waals surface area contributed by atoms with E-state index in [9.17, 15) is 4.79 Å². The molecule has 0 bridgehead atoms.